The summed E-state index contributed by atoms with van der Waals surface area (Å²) in [6, 6.07) is 13.0. The molecule has 4 saturated heterocycles. The third-order valence-electron chi connectivity index (χ3n) is 14.9. The SMILES string of the molecule is CC(C)C.COc1nc(N2CC3CCC(C2)N3)c2cc(C(F)(F)F)c(-c3ccc(F)c4sc(N)c(C#N)c34)c(F)c2n1.O=C(CCOCCCN1CCCC1)NCC(=O)N1CCCC1C(=O)NC(CO)c1ccc(-c2c(F)cccc2F)cc1. The minimum Gasteiger partial charge on any atom is -0.467 e. The fourth-order valence-corrected chi connectivity index (χ4v) is 12.0. The van der Waals surface area contributed by atoms with E-state index in [9.17, 15) is 51.1 Å². The molecule has 0 aliphatic carbocycles. The second-order valence-electron chi connectivity index (χ2n) is 21.8. The highest BCUT2D eigenvalue weighted by molar-refractivity contribution is 7.23. The number of amides is 3. The number of hydrogen-bond donors (Lipinski definition) is 5. The lowest BCUT2D eigenvalue weighted by molar-refractivity contribution is -0.139. The van der Waals surface area contributed by atoms with Gasteiger partial charge in [-0.15, -0.1) is 11.3 Å². The highest BCUT2D eigenvalue weighted by Crippen LogP contribution is 2.48. The summed E-state index contributed by atoms with van der Waals surface area (Å²) in [5.41, 5.74) is 3.55. The number of carbonyl (C=O) groups excluding carboxylic acids is 3. The number of nitrogens with two attached hydrogens (primary N) is 1. The number of carbonyl (C=O) groups is 3. The van der Waals surface area contributed by atoms with Crippen LogP contribution >= 0.6 is 11.3 Å². The largest absolute Gasteiger partial charge is 0.467 e. The minimum atomic E-state index is -5.00. The third kappa shape index (κ3) is 14.8. The number of nitrogens with zero attached hydrogens (tertiary/aromatic N) is 6. The molecule has 6 N–H and O–H groups in total. The summed E-state index contributed by atoms with van der Waals surface area (Å²) in [6.07, 6.45) is 1.51. The van der Waals surface area contributed by atoms with Crippen LogP contribution in [-0.2, 0) is 25.3 Å². The second kappa shape index (κ2) is 28.1. The minimum absolute atomic E-state index is 0.0803. The summed E-state index contributed by atoms with van der Waals surface area (Å²) in [5.74, 6) is -3.53. The zero-order chi connectivity index (χ0) is 60.4. The Kier molecular flexibility index (Phi) is 21.1. The van der Waals surface area contributed by atoms with Crippen LogP contribution < -0.4 is 31.3 Å². The van der Waals surface area contributed by atoms with Crippen molar-refractivity contribution in [1.29, 1.82) is 5.26 Å². The highest BCUT2D eigenvalue weighted by atomic mass is 32.1. The Balaban J connectivity index is 0.000000207. The summed E-state index contributed by atoms with van der Waals surface area (Å²) in [7, 11) is 1.28. The molecular formula is C60H69F7N10O6S. The summed E-state index contributed by atoms with van der Waals surface area (Å²) < 4.78 is 114. The molecule has 3 amide bonds. The van der Waals surface area contributed by atoms with Crippen molar-refractivity contribution in [2.75, 3.05) is 83.4 Å². The zero-order valence-corrected chi connectivity index (χ0v) is 48.0. The van der Waals surface area contributed by atoms with E-state index < -0.39 is 65.2 Å². The summed E-state index contributed by atoms with van der Waals surface area (Å²) in [6.45, 7) is 11.4. The number of alkyl halides is 3. The molecule has 2 bridgehead atoms. The number of halogens is 7. The molecule has 84 heavy (non-hydrogen) atoms. The number of thiophene rings is 1. The monoisotopic (exact) mass is 1190 g/mol. The van der Waals surface area contributed by atoms with Gasteiger partial charge in [-0.3, -0.25) is 14.4 Å². The van der Waals surface area contributed by atoms with Gasteiger partial charge in [0, 0.05) is 67.6 Å². The molecule has 6 aromatic rings. The van der Waals surface area contributed by atoms with Gasteiger partial charge in [-0.1, -0.05) is 57.2 Å². The fourth-order valence-electron chi connectivity index (χ4n) is 11.0. The van der Waals surface area contributed by atoms with E-state index in [1.807, 2.05) is 11.0 Å². The van der Waals surface area contributed by atoms with E-state index in [-0.39, 0.29) is 98.0 Å². The Morgan fingerprint density at radius 2 is 1.58 bits per heavy atom. The predicted octanol–water partition coefficient (Wildman–Crippen LogP) is 9.66. The normalized spacial score (nSPS) is 18.1. The van der Waals surface area contributed by atoms with Crippen molar-refractivity contribution < 1.29 is 59.7 Å². The molecular weight excluding hydrogens is 1120 g/mol. The van der Waals surface area contributed by atoms with Gasteiger partial charge in [0.05, 0.1) is 54.3 Å². The Labute approximate surface area is 486 Å². The van der Waals surface area contributed by atoms with Crippen molar-refractivity contribution in [1.82, 2.24) is 35.7 Å². The topological polar surface area (TPSA) is 211 Å². The molecule has 0 radical (unpaired) electrons. The molecule has 450 valence electrons. The highest BCUT2D eigenvalue weighted by Gasteiger charge is 2.40. The molecule has 4 aliphatic rings. The molecule has 4 aromatic carbocycles. The number of ether oxygens (including phenoxy) is 2. The lowest BCUT2D eigenvalue weighted by Crippen LogP contribution is -2.51. The van der Waals surface area contributed by atoms with Crippen LogP contribution in [0.3, 0.4) is 0 Å². The molecule has 4 atom stereocenters. The van der Waals surface area contributed by atoms with Crippen LogP contribution in [-0.4, -0.2) is 133 Å². The van der Waals surface area contributed by atoms with Crippen molar-refractivity contribution in [3.63, 3.8) is 0 Å². The van der Waals surface area contributed by atoms with Crippen molar-refractivity contribution >= 4 is 60.9 Å². The smallest absolute Gasteiger partial charge is 0.417 e. The van der Waals surface area contributed by atoms with Crippen LogP contribution in [0.25, 0.3) is 43.2 Å². The molecule has 4 unspecified atom stereocenters. The maximum absolute atomic E-state index is 16.4. The van der Waals surface area contributed by atoms with E-state index in [4.69, 9.17) is 15.2 Å². The Morgan fingerprint density at radius 3 is 2.21 bits per heavy atom. The molecule has 10 rings (SSSR count). The first kappa shape index (κ1) is 62.9. The molecule has 2 aromatic heterocycles. The van der Waals surface area contributed by atoms with E-state index in [1.54, 1.807) is 12.1 Å². The van der Waals surface area contributed by atoms with Crippen LogP contribution in [0.1, 0.15) is 94.9 Å². The van der Waals surface area contributed by atoms with Gasteiger partial charge < -0.3 is 51.0 Å². The number of hydrogen-bond acceptors (Lipinski definition) is 14. The van der Waals surface area contributed by atoms with E-state index in [2.05, 4.69) is 51.6 Å². The van der Waals surface area contributed by atoms with Gasteiger partial charge in [0.25, 0.3) is 0 Å². The number of nitrogens with one attached hydrogen (secondary N) is 3. The average Bonchev–Trinajstić information content (AvgIpc) is 1.76. The Bertz CT molecular complexity index is 3320. The number of aliphatic hydroxyl groups is 1. The first-order chi connectivity index (χ1) is 40.2. The Morgan fingerprint density at radius 1 is 0.905 bits per heavy atom. The van der Waals surface area contributed by atoms with Gasteiger partial charge in [-0.2, -0.15) is 28.4 Å². The number of nitriles is 1. The van der Waals surface area contributed by atoms with E-state index in [1.165, 1.54) is 55.2 Å². The lowest BCUT2D eigenvalue weighted by atomic mass is 9.92. The molecule has 16 nitrogen and oxygen atoms in total. The van der Waals surface area contributed by atoms with Crippen LogP contribution in [0.15, 0.2) is 60.7 Å². The number of nitrogen functional groups attached to an aromatic ring is 1. The van der Waals surface area contributed by atoms with Crippen molar-refractivity contribution in [2.24, 2.45) is 5.92 Å². The number of piperazine rings is 1. The summed E-state index contributed by atoms with van der Waals surface area (Å²) in [5, 5.41) is 28.0. The molecule has 6 heterocycles. The lowest BCUT2D eigenvalue weighted by Gasteiger charge is -2.34. The van der Waals surface area contributed by atoms with Crippen LogP contribution in [0.4, 0.5) is 41.6 Å². The van der Waals surface area contributed by atoms with Gasteiger partial charge in [0.15, 0.2) is 5.82 Å². The van der Waals surface area contributed by atoms with Crippen molar-refractivity contribution in [2.45, 2.75) is 102 Å². The summed E-state index contributed by atoms with van der Waals surface area (Å²) >= 11 is 0.714. The Hall–Kier alpha value is -7.17. The maximum atomic E-state index is 16.4. The predicted molar refractivity (Wildman–Crippen MR) is 307 cm³/mol. The number of benzene rings is 4. The standard InChI is InChI=1S/C31H40F2N4O5.C25H19F5N6OS.C4H10/c32-24-6-3-7-25(33)30(24)23-11-9-22(10-12-23)26(21-38)35-31(41)27-8-4-17-37(27)29(40)20-34-28(39)13-19-42-18-5-16-36-14-1-2-15-36;1-37-24-34-20-13(23(35-24)36-8-10-2-3-11(9-36)33-10)6-15(25(28,29)30)18(19(20)27)12-4-5-16(26)21-17(12)14(7-31)22(32)38-21;1-4(2)3/h3,6-7,9-12,26-27,38H,1-2,4-5,8,13-21H2,(H,34,39)(H,35,41);4-6,10-11,33H,2-3,8-9,32H2,1H3;4H,1-3H3. The number of fused-ring (bicyclic) bond motifs is 4. The number of aromatic nitrogens is 2. The average molecular weight is 1190 g/mol. The molecule has 0 spiro atoms. The first-order valence-corrected chi connectivity index (χ1v) is 28.9. The van der Waals surface area contributed by atoms with Gasteiger partial charge in [-0.25, -0.2) is 17.6 Å². The zero-order valence-electron chi connectivity index (χ0n) is 47.2. The third-order valence-corrected chi connectivity index (χ3v) is 15.9. The van der Waals surface area contributed by atoms with E-state index in [0.29, 0.717) is 61.5 Å². The number of aliphatic hydroxyl groups excluding tert-OH is 1. The quantitative estimate of drug-likeness (QED) is 0.0426. The van der Waals surface area contributed by atoms with E-state index in [0.717, 1.165) is 63.0 Å². The molecule has 24 heteroatoms. The van der Waals surface area contributed by atoms with Crippen LogP contribution in [0, 0.1) is 40.5 Å². The maximum Gasteiger partial charge on any atom is 0.417 e. The number of rotatable bonds is 17. The molecule has 4 aliphatic heterocycles. The second-order valence-corrected chi connectivity index (χ2v) is 22.9. The number of methoxy groups -OCH3 is 1. The van der Waals surface area contributed by atoms with Gasteiger partial charge in [0.1, 0.15) is 45.9 Å². The molecule has 0 saturated carbocycles. The number of anilines is 2. The summed E-state index contributed by atoms with van der Waals surface area (Å²) in [4.78, 5) is 52.2. The fraction of sp³-hybridized carbons (Fsp3) is 0.467. The van der Waals surface area contributed by atoms with Gasteiger partial charge >= 0.3 is 12.2 Å². The first-order valence-electron chi connectivity index (χ1n) is 28.1. The number of likely N-dealkylation sites (tertiary alicyclic amines) is 2. The van der Waals surface area contributed by atoms with E-state index >= 15 is 4.39 Å². The van der Waals surface area contributed by atoms with Crippen LogP contribution in [0.2, 0.25) is 0 Å². The van der Waals surface area contributed by atoms with Crippen molar-refractivity contribution in [3.8, 4) is 34.3 Å². The van der Waals surface area contributed by atoms with Gasteiger partial charge in [0.2, 0.25) is 17.7 Å². The molecule has 4 fully saturated rings. The van der Waals surface area contributed by atoms with Gasteiger partial charge in [-0.05, 0) is 105 Å². The van der Waals surface area contributed by atoms with Crippen molar-refractivity contribution in [3.05, 3.63) is 101 Å². The van der Waals surface area contributed by atoms with Crippen LogP contribution in [0.5, 0.6) is 6.01 Å².